The molecule has 0 saturated heterocycles. The van der Waals surface area contributed by atoms with Gasteiger partial charge in [0.2, 0.25) is 0 Å². The van der Waals surface area contributed by atoms with Gasteiger partial charge in [-0.3, -0.25) is 9.98 Å². The molecule has 0 fully saturated rings. The minimum atomic E-state index is -0.875. The van der Waals surface area contributed by atoms with Crippen molar-refractivity contribution in [2.45, 2.75) is 6.54 Å². The first kappa shape index (κ1) is 14.8. The Labute approximate surface area is 122 Å². The van der Waals surface area contributed by atoms with E-state index in [2.05, 4.69) is 16.7 Å². The zero-order valence-corrected chi connectivity index (χ0v) is 11.6. The monoisotopic (exact) mass is 287 g/mol. The summed E-state index contributed by atoms with van der Waals surface area (Å²) in [5.74, 6) is -1.74. The van der Waals surface area contributed by atoms with Gasteiger partial charge in [-0.2, -0.15) is 0 Å². The molecule has 21 heavy (non-hydrogen) atoms. The van der Waals surface area contributed by atoms with Crippen LogP contribution in [-0.2, 0) is 6.54 Å². The molecule has 1 heterocycles. The molecule has 0 spiro atoms. The molecule has 0 aliphatic carbocycles. The predicted octanol–water partition coefficient (Wildman–Crippen LogP) is 3.63. The SMILES string of the molecule is C=NC=CN(C)Cc1ccc(-c2ccc(F)c(F)c2)nc1. The van der Waals surface area contributed by atoms with Gasteiger partial charge in [-0.05, 0) is 36.5 Å². The highest BCUT2D eigenvalue weighted by Gasteiger charge is 2.05. The molecule has 3 nitrogen and oxygen atoms in total. The number of aromatic nitrogens is 1. The molecule has 2 aromatic rings. The van der Waals surface area contributed by atoms with Crippen molar-refractivity contribution >= 4 is 6.72 Å². The molecule has 0 amide bonds. The van der Waals surface area contributed by atoms with E-state index < -0.39 is 11.6 Å². The minimum Gasteiger partial charge on any atom is -0.375 e. The van der Waals surface area contributed by atoms with Crippen molar-refractivity contribution in [1.82, 2.24) is 9.88 Å². The Morgan fingerprint density at radius 1 is 1.24 bits per heavy atom. The number of halogens is 2. The van der Waals surface area contributed by atoms with Crippen molar-refractivity contribution in [3.05, 3.63) is 66.1 Å². The number of nitrogens with zero attached hydrogens (tertiary/aromatic N) is 3. The maximum absolute atomic E-state index is 13.2. The Hall–Kier alpha value is -2.56. The molecule has 108 valence electrons. The van der Waals surface area contributed by atoms with Crippen LogP contribution < -0.4 is 0 Å². The van der Waals surface area contributed by atoms with Crippen LogP contribution in [0, 0.1) is 11.6 Å². The Bertz CT molecular complexity index is 651. The molecule has 0 unspecified atom stereocenters. The van der Waals surface area contributed by atoms with Crippen molar-refractivity contribution in [2.75, 3.05) is 7.05 Å². The largest absolute Gasteiger partial charge is 0.375 e. The molecular formula is C16H15F2N3. The number of benzene rings is 1. The molecule has 5 heteroatoms. The second kappa shape index (κ2) is 6.74. The zero-order valence-electron chi connectivity index (χ0n) is 11.6. The minimum absolute atomic E-state index is 0.546. The molecule has 0 saturated carbocycles. The van der Waals surface area contributed by atoms with E-state index >= 15 is 0 Å². The van der Waals surface area contributed by atoms with Crippen LogP contribution in [0.3, 0.4) is 0 Å². The highest BCUT2D eigenvalue weighted by atomic mass is 19.2. The maximum atomic E-state index is 13.2. The number of rotatable bonds is 5. The van der Waals surface area contributed by atoms with Crippen LogP contribution in [0.15, 0.2) is 53.9 Å². The van der Waals surface area contributed by atoms with E-state index in [9.17, 15) is 8.78 Å². The van der Waals surface area contributed by atoms with E-state index in [1.807, 2.05) is 18.0 Å². The van der Waals surface area contributed by atoms with Gasteiger partial charge in [0.15, 0.2) is 11.6 Å². The standard InChI is InChI=1S/C16H15F2N3/c1-19-7-8-21(2)11-12-3-6-16(20-10-12)13-4-5-14(17)15(18)9-13/h3-10H,1,11H2,2H3. The Morgan fingerprint density at radius 2 is 2.05 bits per heavy atom. The van der Waals surface area contributed by atoms with E-state index in [0.717, 1.165) is 17.7 Å². The number of pyridine rings is 1. The second-order valence-corrected chi connectivity index (χ2v) is 4.58. The van der Waals surface area contributed by atoms with Gasteiger partial charge in [-0.25, -0.2) is 8.78 Å². The van der Waals surface area contributed by atoms with Crippen molar-refractivity contribution in [1.29, 1.82) is 0 Å². The first-order chi connectivity index (χ1) is 10.1. The lowest BCUT2D eigenvalue weighted by atomic mass is 10.1. The van der Waals surface area contributed by atoms with E-state index in [4.69, 9.17) is 0 Å². The lowest BCUT2D eigenvalue weighted by Crippen LogP contribution is -2.09. The zero-order chi connectivity index (χ0) is 15.2. The summed E-state index contributed by atoms with van der Waals surface area (Å²) in [5.41, 5.74) is 2.14. The summed E-state index contributed by atoms with van der Waals surface area (Å²) in [6, 6.07) is 7.43. The van der Waals surface area contributed by atoms with Crippen LogP contribution in [0.25, 0.3) is 11.3 Å². The van der Waals surface area contributed by atoms with Gasteiger partial charge >= 0.3 is 0 Å². The van der Waals surface area contributed by atoms with Gasteiger partial charge in [-0.1, -0.05) is 6.07 Å². The van der Waals surface area contributed by atoms with Gasteiger partial charge in [0, 0.05) is 37.8 Å². The summed E-state index contributed by atoms with van der Waals surface area (Å²) in [5, 5.41) is 0. The highest BCUT2D eigenvalue weighted by Crippen LogP contribution is 2.20. The summed E-state index contributed by atoms with van der Waals surface area (Å²) in [4.78, 5) is 9.84. The van der Waals surface area contributed by atoms with Crippen LogP contribution in [-0.4, -0.2) is 23.6 Å². The first-order valence-electron chi connectivity index (χ1n) is 6.33. The van der Waals surface area contributed by atoms with Crippen molar-refractivity contribution < 1.29 is 8.78 Å². The third-order valence-electron chi connectivity index (χ3n) is 2.90. The van der Waals surface area contributed by atoms with Crippen LogP contribution in [0.2, 0.25) is 0 Å². The van der Waals surface area contributed by atoms with Gasteiger partial charge < -0.3 is 4.90 Å². The molecule has 0 bridgehead atoms. The molecule has 0 aliphatic rings. The van der Waals surface area contributed by atoms with E-state index in [-0.39, 0.29) is 0 Å². The summed E-state index contributed by atoms with van der Waals surface area (Å²) >= 11 is 0. The topological polar surface area (TPSA) is 28.5 Å². The van der Waals surface area contributed by atoms with E-state index in [1.54, 1.807) is 24.7 Å². The quantitative estimate of drug-likeness (QED) is 0.786. The summed E-state index contributed by atoms with van der Waals surface area (Å²) in [6.45, 7) is 4.03. The van der Waals surface area contributed by atoms with Crippen LogP contribution in [0.5, 0.6) is 0 Å². The molecule has 0 atom stereocenters. The lowest BCUT2D eigenvalue weighted by Gasteiger charge is -2.13. The fraction of sp³-hybridized carbons (Fsp3) is 0.125. The smallest absolute Gasteiger partial charge is 0.159 e. The lowest BCUT2D eigenvalue weighted by molar-refractivity contribution is 0.449. The van der Waals surface area contributed by atoms with Gasteiger partial charge in [-0.15, -0.1) is 0 Å². The summed E-state index contributed by atoms with van der Waals surface area (Å²) < 4.78 is 26.1. The molecule has 0 radical (unpaired) electrons. The molecule has 2 rings (SSSR count). The van der Waals surface area contributed by atoms with E-state index in [1.165, 1.54) is 6.07 Å². The second-order valence-electron chi connectivity index (χ2n) is 4.58. The van der Waals surface area contributed by atoms with Gasteiger partial charge in [0.1, 0.15) is 0 Å². The average Bonchev–Trinajstić information content (AvgIpc) is 2.49. The average molecular weight is 287 g/mol. The van der Waals surface area contributed by atoms with Crippen molar-refractivity contribution in [2.24, 2.45) is 4.99 Å². The highest BCUT2D eigenvalue weighted by molar-refractivity contribution is 5.59. The van der Waals surface area contributed by atoms with Crippen molar-refractivity contribution in [3.63, 3.8) is 0 Å². The molecule has 0 N–H and O–H groups in total. The molecule has 1 aromatic carbocycles. The van der Waals surface area contributed by atoms with Crippen LogP contribution in [0.4, 0.5) is 8.78 Å². The van der Waals surface area contributed by atoms with Crippen LogP contribution in [0.1, 0.15) is 5.56 Å². The fourth-order valence-corrected chi connectivity index (χ4v) is 1.85. The third kappa shape index (κ3) is 3.95. The normalized spacial score (nSPS) is 10.8. The summed E-state index contributed by atoms with van der Waals surface area (Å²) in [7, 11) is 1.91. The van der Waals surface area contributed by atoms with Gasteiger partial charge in [0.05, 0.1) is 5.69 Å². The first-order valence-corrected chi connectivity index (χ1v) is 6.33. The predicted molar refractivity (Wildman–Crippen MR) is 79.7 cm³/mol. The summed E-state index contributed by atoms with van der Waals surface area (Å²) in [6.07, 6.45) is 5.11. The van der Waals surface area contributed by atoms with Crippen molar-refractivity contribution in [3.8, 4) is 11.3 Å². The fourth-order valence-electron chi connectivity index (χ4n) is 1.85. The Balaban J connectivity index is 2.13. The van der Waals surface area contributed by atoms with Crippen LogP contribution >= 0.6 is 0 Å². The molecule has 1 aromatic heterocycles. The maximum Gasteiger partial charge on any atom is 0.159 e. The Kier molecular flexibility index (Phi) is 4.77. The number of hydrogen-bond donors (Lipinski definition) is 0. The third-order valence-corrected chi connectivity index (χ3v) is 2.90. The number of hydrogen-bond acceptors (Lipinski definition) is 3. The van der Waals surface area contributed by atoms with E-state index in [0.29, 0.717) is 17.8 Å². The number of aliphatic imine (C=N–C) groups is 1. The van der Waals surface area contributed by atoms with Gasteiger partial charge in [0.25, 0.3) is 0 Å². The Morgan fingerprint density at radius 3 is 2.67 bits per heavy atom. The molecule has 0 aliphatic heterocycles. The molecular weight excluding hydrogens is 272 g/mol.